The number of aromatic nitrogens is 2. The highest BCUT2D eigenvalue weighted by molar-refractivity contribution is 5.53. The fourth-order valence-corrected chi connectivity index (χ4v) is 2.81. The van der Waals surface area contributed by atoms with Crippen LogP contribution in [0.2, 0.25) is 0 Å². The quantitative estimate of drug-likeness (QED) is 0.818. The van der Waals surface area contributed by atoms with Gasteiger partial charge >= 0.3 is 5.69 Å². The van der Waals surface area contributed by atoms with E-state index in [1.807, 2.05) is 6.07 Å². The Balaban J connectivity index is 2.47. The summed E-state index contributed by atoms with van der Waals surface area (Å²) in [6, 6.07) is 7.65. The number of benzene rings is 1. The molecular weight excluding hydrogens is 315 g/mol. The number of nitrogens with zero attached hydrogens (tertiary/aromatic N) is 3. The minimum absolute atomic E-state index is 0.00421. The SMILES string of the molecule is Cn1c2c(c(=O)n(C)c1=O)[C@H](c1ccccc1F)C(C#N)=C(N)O2. The molecule has 2 heterocycles. The van der Waals surface area contributed by atoms with Gasteiger partial charge in [0.15, 0.2) is 0 Å². The summed E-state index contributed by atoms with van der Waals surface area (Å²) in [5, 5.41) is 9.43. The lowest BCUT2D eigenvalue weighted by molar-refractivity contribution is 0.347. The van der Waals surface area contributed by atoms with E-state index in [2.05, 4.69) is 0 Å². The predicted molar refractivity (Wildman–Crippen MR) is 82.6 cm³/mol. The average molecular weight is 328 g/mol. The van der Waals surface area contributed by atoms with Crippen molar-refractivity contribution in [1.29, 1.82) is 5.26 Å². The minimum atomic E-state index is -1.05. The fraction of sp³-hybridized carbons (Fsp3) is 0.188. The number of hydrogen-bond donors (Lipinski definition) is 1. The maximum atomic E-state index is 14.3. The molecule has 7 nitrogen and oxygen atoms in total. The Bertz CT molecular complexity index is 1040. The minimum Gasteiger partial charge on any atom is -0.423 e. The molecule has 1 aliphatic rings. The van der Waals surface area contributed by atoms with Crippen LogP contribution >= 0.6 is 0 Å². The van der Waals surface area contributed by atoms with Crippen LogP contribution in [0.5, 0.6) is 5.88 Å². The molecule has 0 unspecified atom stereocenters. The van der Waals surface area contributed by atoms with E-state index in [1.165, 1.54) is 32.3 Å². The Kier molecular flexibility index (Phi) is 3.49. The number of nitrogens with two attached hydrogens (primary N) is 1. The van der Waals surface area contributed by atoms with Crippen LogP contribution in [0.1, 0.15) is 17.0 Å². The summed E-state index contributed by atoms with van der Waals surface area (Å²) in [5.41, 5.74) is 4.52. The van der Waals surface area contributed by atoms with Crippen molar-refractivity contribution in [2.45, 2.75) is 5.92 Å². The monoisotopic (exact) mass is 328 g/mol. The van der Waals surface area contributed by atoms with Gasteiger partial charge in [-0.05, 0) is 6.07 Å². The Morgan fingerprint density at radius 2 is 1.92 bits per heavy atom. The summed E-state index contributed by atoms with van der Waals surface area (Å²) in [7, 11) is 2.71. The molecule has 3 rings (SSSR count). The second-order valence-electron chi connectivity index (χ2n) is 5.37. The molecule has 0 spiro atoms. The molecule has 24 heavy (non-hydrogen) atoms. The number of nitriles is 1. The van der Waals surface area contributed by atoms with E-state index in [4.69, 9.17) is 10.5 Å². The normalized spacial score (nSPS) is 16.3. The van der Waals surface area contributed by atoms with Crippen LogP contribution < -0.4 is 21.7 Å². The van der Waals surface area contributed by atoms with Gasteiger partial charge in [0.25, 0.3) is 5.56 Å². The second-order valence-corrected chi connectivity index (χ2v) is 5.37. The van der Waals surface area contributed by atoms with Gasteiger partial charge in [-0.25, -0.2) is 9.18 Å². The molecule has 1 aliphatic heterocycles. The Morgan fingerprint density at radius 1 is 1.25 bits per heavy atom. The van der Waals surface area contributed by atoms with Gasteiger partial charge in [0.05, 0.1) is 11.5 Å². The summed E-state index contributed by atoms with van der Waals surface area (Å²) in [6.45, 7) is 0. The van der Waals surface area contributed by atoms with Crippen LogP contribution in [-0.4, -0.2) is 9.13 Å². The predicted octanol–water partition coefficient (Wildman–Crippen LogP) is 0.441. The van der Waals surface area contributed by atoms with E-state index >= 15 is 0 Å². The van der Waals surface area contributed by atoms with E-state index in [9.17, 15) is 19.2 Å². The first-order valence-electron chi connectivity index (χ1n) is 7.00. The van der Waals surface area contributed by atoms with E-state index in [0.717, 1.165) is 9.13 Å². The van der Waals surface area contributed by atoms with Crippen molar-refractivity contribution in [3.8, 4) is 11.9 Å². The van der Waals surface area contributed by atoms with Crippen molar-refractivity contribution in [2.75, 3.05) is 0 Å². The lowest BCUT2D eigenvalue weighted by Crippen LogP contribution is -2.42. The van der Waals surface area contributed by atoms with Gasteiger partial charge in [0.2, 0.25) is 11.8 Å². The number of rotatable bonds is 1. The third-order valence-corrected chi connectivity index (χ3v) is 4.03. The summed E-state index contributed by atoms with van der Waals surface area (Å²) in [6.07, 6.45) is 0. The van der Waals surface area contributed by atoms with Crippen LogP contribution in [0.3, 0.4) is 0 Å². The van der Waals surface area contributed by atoms with Gasteiger partial charge < -0.3 is 10.5 Å². The van der Waals surface area contributed by atoms with Crippen molar-refractivity contribution in [3.05, 3.63) is 73.5 Å². The number of allylic oxidation sites excluding steroid dienone is 1. The molecule has 0 saturated carbocycles. The van der Waals surface area contributed by atoms with Gasteiger partial charge in [-0.2, -0.15) is 5.26 Å². The lowest BCUT2D eigenvalue weighted by atomic mass is 9.84. The third-order valence-electron chi connectivity index (χ3n) is 4.03. The smallest absolute Gasteiger partial charge is 0.333 e. The highest BCUT2D eigenvalue weighted by atomic mass is 19.1. The maximum Gasteiger partial charge on any atom is 0.333 e. The summed E-state index contributed by atoms with van der Waals surface area (Å²) in [4.78, 5) is 24.7. The molecule has 1 atom stereocenters. The Hall–Kier alpha value is -3.34. The first-order valence-corrected chi connectivity index (χ1v) is 7.00. The van der Waals surface area contributed by atoms with Gasteiger partial charge in [-0.3, -0.25) is 13.9 Å². The van der Waals surface area contributed by atoms with Gasteiger partial charge in [-0.1, -0.05) is 18.2 Å². The van der Waals surface area contributed by atoms with E-state index in [-0.39, 0.29) is 28.5 Å². The van der Waals surface area contributed by atoms with Crippen molar-refractivity contribution < 1.29 is 9.13 Å². The molecule has 1 aromatic carbocycles. The van der Waals surface area contributed by atoms with Crippen LogP contribution in [0, 0.1) is 17.1 Å². The molecule has 0 saturated heterocycles. The third kappa shape index (κ3) is 2.02. The second kappa shape index (κ2) is 5.38. The molecule has 1 aromatic heterocycles. The molecule has 0 radical (unpaired) electrons. The number of ether oxygens (including phenoxy) is 1. The zero-order valence-corrected chi connectivity index (χ0v) is 12.9. The molecule has 0 fully saturated rings. The van der Waals surface area contributed by atoms with Crippen LogP contribution in [-0.2, 0) is 14.1 Å². The molecule has 0 bridgehead atoms. The zero-order valence-electron chi connectivity index (χ0n) is 12.9. The summed E-state index contributed by atoms with van der Waals surface area (Å²) in [5.74, 6) is -1.99. The fourth-order valence-electron chi connectivity index (χ4n) is 2.81. The number of hydrogen-bond acceptors (Lipinski definition) is 5. The van der Waals surface area contributed by atoms with Crippen LogP contribution in [0.15, 0.2) is 45.3 Å². The van der Waals surface area contributed by atoms with Crippen molar-refractivity contribution in [3.63, 3.8) is 0 Å². The van der Waals surface area contributed by atoms with Gasteiger partial charge in [0.1, 0.15) is 17.5 Å². The lowest BCUT2D eigenvalue weighted by Gasteiger charge is -2.27. The van der Waals surface area contributed by atoms with Crippen molar-refractivity contribution >= 4 is 0 Å². The molecule has 122 valence electrons. The van der Waals surface area contributed by atoms with E-state index in [0.29, 0.717) is 0 Å². The van der Waals surface area contributed by atoms with Gasteiger partial charge in [0, 0.05) is 19.7 Å². The first kappa shape index (κ1) is 15.6. The molecule has 8 heteroatoms. The van der Waals surface area contributed by atoms with E-state index < -0.39 is 23.0 Å². The molecule has 2 N–H and O–H groups in total. The molecule has 0 aliphatic carbocycles. The highest BCUT2D eigenvalue weighted by Crippen LogP contribution is 2.40. The van der Waals surface area contributed by atoms with Gasteiger partial charge in [-0.15, -0.1) is 0 Å². The summed E-state index contributed by atoms with van der Waals surface area (Å²) < 4.78 is 21.6. The maximum absolute atomic E-state index is 14.3. The van der Waals surface area contributed by atoms with Crippen molar-refractivity contribution in [1.82, 2.24) is 9.13 Å². The number of fused-ring (bicyclic) bond motifs is 1. The standard InChI is InChI=1S/C16H13FN4O3/c1-20-14(22)12-11(8-5-3-4-6-10(8)17)9(7-18)13(19)24-15(12)21(2)16(20)23/h3-6,11H,19H2,1-2H3/t11-/m1/s1. The number of halogens is 1. The van der Waals surface area contributed by atoms with Crippen molar-refractivity contribution in [2.24, 2.45) is 19.8 Å². The first-order chi connectivity index (χ1) is 11.4. The Morgan fingerprint density at radius 3 is 2.54 bits per heavy atom. The molecule has 2 aromatic rings. The summed E-state index contributed by atoms with van der Waals surface area (Å²) >= 11 is 0. The average Bonchev–Trinajstić information content (AvgIpc) is 2.57. The largest absolute Gasteiger partial charge is 0.423 e. The highest BCUT2D eigenvalue weighted by Gasteiger charge is 2.37. The van der Waals surface area contributed by atoms with Crippen LogP contribution in [0.4, 0.5) is 4.39 Å². The topological polar surface area (TPSA) is 103 Å². The molecular formula is C16H13FN4O3. The van der Waals surface area contributed by atoms with Crippen LogP contribution in [0.25, 0.3) is 0 Å². The van der Waals surface area contributed by atoms with E-state index in [1.54, 1.807) is 6.07 Å². The zero-order chi connectivity index (χ0) is 17.6. The molecule has 0 amide bonds. The Labute approximate surface area is 135 Å².